The average Bonchev–Trinajstić information content (AvgIpc) is 2.91. The highest BCUT2D eigenvalue weighted by molar-refractivity contribution is 9.09. The Morgan fingerprint density at radius 1 is 1.10 bits per heavy atom. The van der Waals surface area contributed by atoms with Crippen LogP contribution >= 0.6 is 16.1 Å². The number of hydrogen-bond acceptors (Lipinski definition) is 4. The molecule has 0 N–H and O–H groups in total. The first-order chi connectivity index (χ1) is 9.73. The van der Waals surface area contributed by atoms with Crippen LogP contribution in [-0.4, -0.2) is 9.37 Å². The zero-order chi connectivity index (χ0) is 14.0. The zero-order valence-electron chi connectivity index (χ0n) is 10.4. The van der Waals surface area contributed by atoms with E-state index in [-0.39, 0.29) is 5.75 Å². The van der Waals surface area contributed by atoms with Crippen molar-refractivity contribution in [2.24, 2.45) is 3.39 Å². The van der Waals surface area contributed by atoms with Gasteiger partial charge in [0.25, 0.3) is 0 Å². The van der Waals surface area contributed by atoms with E-state index in [2.05, 4.69) is 24.7 Å². The van der Waals surface area contributed by atoms with Gasteiger partial charge in [0.15, 0.2) is 5.58 Å². The van der Waals surface area contributed by atoms with E-state index in [1.54, 1.807) is 12.1 Å². The zero-order valence-corrected chi connectivity index (χ0v) is 12.8. The van der Waals surface area contributed by atoms with Crippen molar-refractivity contribution in [2.75, 3.05) is 0 Å². The molecule has 1 aromatic heterocycles. The lowest BCUT2D eigenvalue weighted by atomic mass is 10.2. The molecule has 102 valence electrons. The summed E-state index contributed by atoms with van der Waals surface area (Å²) in [6.07, 6.45) is 0. The van der Waals surface area contributed by atoms with Crippen molar-refractivity contribution in [3.05, 3.63) is 60.3 Å². The second kappa shape index (κ2) is 5.38. The first-order valence-electron chi connectivity index (χ1n) is 5.96. The van der Waals surface area contributed by atoms with Crippen LogP contribution in [0, 0.1) is 0 Å². The van der Waals surface area contributed by atoms with Crippen molar-refractivity contribution in [2.45, 2.75) is 10.6 Å². The van der Waals surface area contributed by atoms with Crippen molar-refractivity contribution in [1.29, 1.82) is 0 Å². The fraction of sp³-hybridized carbons (Fsp3) is 0.0714. The molecule has 0 fully saturated rings. The fourth-order valence-corrected chi connectivity index (χ4v) is 4.27. The fourth-order valence-electron chi connectivity index (χ4n) is 2.01. The molecule has 0 amide bonds. The van der Waals surface area contributed by atoms with Gasteiger partial charge >= 0.3 is 0 Å². The van der Waals surface area contributed by atoms with Crippen molar-refractivity contribution in [1.82, 2.24) is 5.16 Å². The topological polar surface area (TPSA) is 55.5 Å². The quantitative estimate of drug-likeness (QED) is 0.712. The highest BCUT2D eigenvalue weighted by Crippen LogP contribution is 2.25. The molecule has 6 heteroatoms. The van der Waals surface area contributed by atoms with Crippen LogP contribution in [0.25, 0.3) is 11.0 Å². The second-order valence-electron chi connectivity index (χ2n) is 4.29. The van der Waals surface area contributed by atoms with E-state index in [9.17, 15) is 4.21 Å². The molecule has 0 spiro atoms. The number of halogens is 1. The SMILES string of the molecule is O=S(Cc1noc2ccccc12)(=NBr)c1ccccc1. The molecule has 3 aromatic rings. The number of benzene rings is 2. The van der Waals surface area contributed by atoms with Crippen LogP contribution in [-0.2, 0) is 15.5 Å². The van der Waals surface area contributed by atoms with Crippen LogP contribution in [0.15, 0.2) is 67.4 Å². The van der Waals surface area contributed by atoms with Gasteiger partial charge in [-0.1, -0.05) is 35.5 Å². The Bertz CT molecular complexity index is 852. The van der Waals surface area contributed by atoms with E-state index < -0.39 is 9.73 Å². The molecule has 0 aliphatic rings. The summed E-state index contributed by atoms with van der Waals surface area (Å²) in [5.41, 5.74) is 1.34. The van der Waals surface area contributed by atoms with Gasteiger partial charge in [-0.3, -0.25) is 0 Å². The van der Waals surface area contributed by atoms with Gasteiger partial charge in [0.1, 0.15) is 5.69 Å². The monoisotopic (exact) mass is 350 g/mol. The van der Waals surface area contributed by atoms with Gasteiger partial charge in [0.05, 0.1) is 31.6 Å². The Morgan fingerprint density at radius 2 is 1.80 bits per heavy atom. The number of fused-ring (bicyclic) bond motifs is 1. The third-order valence-electron chi connectivity index (χ3n) is 3.01. The van der Waals surface area contributed by atoms with Crippen LogP contribution in [0.5, 0.6) is 0 Å². The van der Waals surface area contributed by atoms with Crippen molar-refractivity contribution < 1.29 is 8.73 Å². The Balaban J connectivity index is 2.07. The molecule has 0 saturated carbocycles. The minimum atomic E-state index is -2.60. The summed E-state index contributed by atoms with van der Waals surface area (Å²) in [6, 6.07) is 16.7. The molecule has 0 aliphatic carbocycles. The minimum Gasteiger partial charge on any atom is -0.356 e. The van der Waals surface area contributed by atoms with E-state index >= 15 is 0 Å². The molecule has 1 unspecified atom stereocenters. The normalized spacial score (nSPS) is 14.1. The molecule has 2 aromatic carbocycles. The third kappa shape index (κ3) is 2.36. The lowest BCUT2D eigenvalue weighted by Crippen LogP contribution is -2.04. The highest BCUT2D eigenvalue weighted by atomic mass is 79.9. The molecule has 1 atom stereocenters. The Labute approximate surface area is 125 Å². The molecule has 20 heavy (non-hydrogen) atoms. The summed E-state index contributed by atoms with van der Waals surface area (Å²) in [6.45, 7) is 0. The van der Waals surface area contributed by atoms with E-state index in [1.807, 2.05) is 42.5 Å². The van der Waals surface area contributed by atoms with Crippen LogP contribution in [0.3, 0.4) is 0 Å². The van der Waals surface area contributed by atoms with Crippen LogP contribution in [0.1, 0.15) is 5.69 Å². The number of nitrogens with zero attached hydrogens (tertiary/aromatic N) is 2. The maximum Gasteiger partial charge on any atom is 0.167 e. The van der Waals surface area contributed by atoms with Gasteiger partial charge in [-0.2, -0.15) is 3.39 Å². The molecule has 0 aliphatic heterocycles. The molecule has 0 radical (unpaired) electrons. The number of aromatic nitrogens is 1. The summed E-state index contributed by atoms with van der Waals surface area (Å²) in [4.78, 5) is 0.670. The van der Waals surface area contributed by atoms with Gasteiger partial charge in [-0.05, 0) is 24.3 Å². The van der Waals surface area contributed by atoms with Gasteiger partial charge < -0.3 is 4.52 Å². The highest BCUT2D eigenvalue weighted by Gasteiger charge is 2.18. The predicted molar refractivity (Wildman–Crippen MR) is 81.9 cm³/mol. The Morgan fingerprint density at radius 3 is 2.55 bits per heavy atom. The molecular weight excluding hydrogens is 340 g/mol. The first-order valence-corrected chi connectivity index (χ1v) is 8.36. The predicted octanol–water partition coefficient (Wildman–Crippen LogP) is 4.16. The maximum atomic E-state index is 13.0. The first kappa shape index (κ1) is 13.3. The molecular formula is C14H11BrN2O2S. The number of para-hydroxylation sites is 1. The number of hydrogen-bond donors (Lipinski definition) is 0. The maximum absolute atomic E-state index is 13.0. The lowest BCUT2D eigenvalue weighted by Gasteiger charge is -2.06. The molecule has 0 saturated heterocycles. The molecule has 1 heterocycles. The Kier molecular flexibility index (Phi) is 3.58. The average molecular weight is 351 g/mol. The van der Waals surface area contributed by atoms with E-state index in [4.69, 9.17) is 4.52 Å². The van der Waals surface area contributed by atoms with Crippen LogP contribution in [0.2, 0.25) is 0 Å². The van der Waals surface area contributed by atoms with Gasteiger partial charge in [-0.15, -0.1) is 0 Å². The summed E-state index contributed by atoms with van der Waals surface area (Å²) < 4.78 is 22.1. The third-order valence-corrected chi connectivity index (χ3v) is 6.31. The smallest absolute Gasteiger partial charge is 0.167 e. The van der Waals surface area contributed by atoms with Gasteiger partial charge in [-0.25, -0.2) is 4.21 Å². The van der Waals surface area contributed by atoms with Gasteiger partial charge in [0, 0.05) is 10.3 Å². The summed E-state index contributed by atoms with van der Waals surface area (Å²) >= 11 is 3.01. The van der Waals surface area contributed by atoms with Crippen molar-refractivity contribution in [3.8, 4) is 0 Å². The molecule has 4 nitrogen and oxygen atoms in total. The van der Waals surface area contributed by atoms with E-state index in [0.29, 0.717) is 16.2 Å². The van der Waals surface area contributed by atoms with Crippen molar-refractivity contribution >= 4 is 36.8 Å². The summed E-state index contributed by atoms with van der Waals surface area (Å²) in [7, 11) is -2.60. The van der Waals surface area contributed by atoms with Gasteiger partial charge in [0.2, 0.25) is 0 Å². The lowest BCUT2D eigenvalue weighted by molar-refractivity contribution is 0.449. The summed E-state index contributed by atoms with van der Waals surface area (Å²) in [5, 5.41) is 4.89. The van der Waals surface area contributed by atoms with Crippen LogP contribution < -0.4 is 0 Å². The minimum absolute atomic E-state index is 0.208. The molecule has 0 bridgehead atoms. The largest absolute Gasteiger partial charge is 0.356 e. The standard InChI is InChI=1S/C14H11BrN2O2S/c15-17-20(18,11-6-2-1-3-7-11)10-13-12-8-4-5-9-14(12)19-16-13/h1-9H,10H2. The summed E-state index contributed by atoms with van der Waals surface area (Å²) in [5.74, 6) is 0.208. The van der Waals surface area contributed by atoms with E-state index in [1.165, 1.54) is 0 Å². The number of rotatable bonds is 3. The van der Waals surface area contributed by atoms with E-state index in [0.717, 1.165) is 5.39 Å². The van der Waals surface area contributed by atoms with Crippen LogP contribution in [0.4, 0.5) is 0 Å². The molecule has 3 rings (SSSR count). The second-order valence-corrected chi connectivity index (χ2v) is 7.34. The van der Waals surface area contributed by atoms with Crippen molar-refractivity contribution in [3.63, 3.8) is 0 Å². The Hall–Kier alpha value is -1.66.